The van der Waals surface area contributed by atoms with Crippen LogP contribution in [-0.2, 0) is 0 Å². The Balaban J connectivity index is 1.84. The fourth-order valence-electron chi connectivity index (χ4n) is 1.57. The zero-order valence-electron chi connectivity index (χ0n) is 10.00. The minimum Gasteiger partial charge on any atom is -0.489 e. The number of hydrogen-bond acceptors (Lipinski definition) is 2. The molecule has 2 aromatic carbocycles. The van der Waals surface area contributed by atoms with Gasteiger partial charge < -0.3 is 10.1 Å². The van der Waals surface area contributed by atoms with Crippen LogP contribution in [0.4, 0.5) is 10.1 Å². The molecular weight excluding hydrogens is 377 g/mol. The topological polar surface area (TPSA) is 21.3 Å². The maximum Gasteiger partial charge on any atom is 0.147 e. The Kier molecular flexibility index (Phi) is 5.22. The van der Waals surface area contributed by atoms with E-state index >= 15 is 0 Å². The van der Waals surface area contributed by atoms with Crippen molar-refractivity contribution in [1.82, 2.24) is 0 Å². The van der Waals surface area contributed by atoms with Crippen LogP contribution in [0.5, 0.6) is 5.75 Å². The molecule has 0 atom stereocenters. The number of rotatable bonds is 5. The van der Waals surface area contributed by atoms with E-state index in [4.69, 9.17) is 4.74 Å². The van der Waals surface area contributed by atoms with Crippen LogP contribution in [0.2, 0.25) is 0 Å². The van der Waals surface area contributed by atoms with Crippen LogP contribution in [-0.4, -0.2) is 13.2 Å². The van der Waals surface area contributed by atoms with E-state index in [0.717, 1.165) is 20.4 Å². The van der Waals surface area contributed by atoms with Crippen molar-refractivity contribution in [2.75, 3.05) is 18.5 Å². The Hall–Kier alpha value is -1.07. The number of ether oxygens (including phenoxy) is 1. The van der Waals surface area contributed by atoms with Crippen molar-refractivity contribution in [2.45, 2.75) is 0 Å². The van der Waals surface area contributed by atoms with Crippen LogP contribution in [0.1, 0.15) is 0 Å². The highest BCUT2D eigenvalue weighted by molar-refractivity contribution is 9.11. The molecule has 0 spiro atoms. The summed E-state index contributed by atoms with van der Waals surface area (Å²) < 4.78 is 20.4. The average Bonchev–Trinajstić information content (AvgIpc) is 2.37. The second kappa shape index (κ2) is 6.91. The van der Waals surface area contributed by atoms with Crippen LogP contribution < -0.4 is 10.1 Å². The summed E-state index contributed by atoms with van der Waals surface area (Å²) in [5.41, 5.74) is 0.745. The lowest BCUT2D eigenvalue weighted by Crippen LogP contribution is -2.12. The molecule has 0 fully saturated rings. The minimum atomic E-state index is -0.250. The molecule has 0 aliphatic carbocycles. The summed E-state index contributed by atoms with van der Waals surface area (Å²) in [6.45, 7) is 1.08. The summed E-state index contributed by atoms with van der Waals surface area (Å²) in [7, 11) is 0. The Bertz CT molecular complexity index is 543. The average molecular weight is 389 g/mol. The number of hydrogen-bond donors (Lipinski definition) is 1. The number of halogens is 3. The molecule has 5 heteroatoms. The summed E-state index contributed by atoms with van der Waals surface area (Å²) in [6.07, 6.45) is 0. The molecule has 19 heavy (non-hydrogen) atoms. The van der Waals surface area contributed by atoms with Gasteiger partial charge in [-0.3, -0.25) is 0 Å². The van der Waals surface area contributed by atoms with Gasteiger partial charge in [0.15, 0.2) is 0 Å². The van der Waals surface area contributed by atoms with E-state index < -0.39 is 0 Å². The summed E-state index contributed by atoms with van der Waals surface area (Å²) >= 11 is 6.86. The normalized spacial score (nSPS) is 10.3. The lowest BCUT2D eigenvalue weighted by atomic mass is 10.3. The van der Waals surface area contributed by atoms with Gasteiger partial charge in [0, 0.05) is 12.2 Å². The van der Waals surface area contributed by atoms with Crippen molar-refractivity contribution in [3.63, 3.8) is 0 Å². The molecule has 1 N–H and O–H groups in total. The quantitative estimate of drug-likeness (QED) is 0.740. The van der Waals surface area contributed by atoms with Gasteiger partial charge in [-0.1, -0.05) is 12.1 Å². The Labute approximate surface area is 128 Å². The van der Waals surface area contributed by atoms with Crippen LogP contribution in [0, 0.1) is 5.82 Å². The SMILES string of the molecule is Fc1cccc(NCCOc2c(Br)cccc2Br)c1. The molecule has 0 bridgehead atoms. The van der Waals surface area contributed by atoms with Crippen molar-refractivity contribution < 1.29 is 9.13 Å². The van der Waals surface area contributed by atoms with E-state index in [9.17, 15) is 4.39 Å². The maximum absolute atomic E-state index is 13.0. The van der Waals surface area contributed by atoms with Gasteiger partial charge in [0.05, 0.1) is 8.95 Å². The van der Waals surface area contributed by atoms with Crippen LogP contribution in [0.3, 0.4) is 0 Å². The van der Waals surface area contributed by atoms with Crippen molar-refractivity contribution in [3.8, 4) is 5.75 Å². The molecule has 0 aliphatic rings. The van der Waals surface area contributed by atoms with Gasteiger partial charge in [-0.05, 0) is 62.2 Å². The molecule has 0 amide bonds. The lowest BCUT2D eigenvalue weighted by molar-refractivity contribution is 0.329. The third-order valence-electron chi connectivity index (χ3n) is 2.42. The van der Waals surface area contributed by atoms with E-state index in [0.29, 0.717) is 13.2 Å². The fraction of sp³-hybridized carbons (Fsp3) is 0.143. The molecule has 0 heterocycles. The first-order valence-electron chi connectivity index (χ1n) is 5.73. The van der Waals surface area contributed by atoms with Crippen LogP contribution >= 0.6 is 31.9 Å². The van der Waals surface area contributed by atoms with Gasteiger partial charge in [0.2, 0.25) is 0 Å². The molecule has 0 radical (unpaired) electrons. The Morgan fingerprint density at radius 2 is 1.74 bits per heavy atom. The summed E-state index contributed by atoms with van der Waals surface area (Å²) in [6, 6.07) is 12.1. The van der Waals surface area contributed by atoms with Gasteiger partial charge >= 0.3 is 0 Å². The van der Waals surface area contributed by atoms with Crippen molar-refractivity contribution in [1.29, 1.82) is 0 Å². The molecule has 2 nitrogen and oxygen atoms in total. The molecule has 2 aromatic rings. The third kappa shape index (κ3) is 4.21. The van der Waals surface area contributed by atoms with Crippen LogP contribution in [0.25, 0.3) is 0 Å². The smallest absolute Gasteiger partial charge is 0.147 e. The van der Waals surface area contributed by atoms with Gasteiger partial charge in [0.25, 0.3) is 0 Å². The van der Waals surface area contributed by atoms with Gasteiger partial charge in [-0.25, -0.2) is 4.39 Å². The number of anilines is 1. The van der Waals surface area contributed by atoms with Crippen LogP contribution in [0.15, 0.2) is 51.4 Å². The maximum atomic E-state index is 13.0. The third-order valence-corrected chi connectivity index (χ3v) is 3.67. The van der Waals surface area contributed by atoms with Gasteiger partial charge in [0.1, 0.15) is 18.2 Å². The highest BCUT2D eigenvalue weighted by atomic mass is 79.9. The first-order chi connectivity index (χ1) is 9.16. The molecule has 0 saturated carbocycles. The van der Waals surface area contributed by atoms with E-state index in [1.165, 1.54) is 12.1 Å². The van der Waals surface area contributed by atoms with Gasteiger partial charge in [-0.2, -0.15) is 0 Å². The highest BCUT2D eigenvalue weighted by Crippen LogP contribution is 2.32. The first-order valence-corrected chi connectivity index (χ1v) is 7.31. The molecule has 0 saturated heterocycles. The van der Waals surface area contributed by atoms with Crippen molar-refractivity contribution >= 4 is 37.5 Å². The second-order valence-electron chi connectivity index (χ2n) is 3.84. The Morgan fingerprint density at radius 3 is 2.42 bits per heavy atom. The fourth-order valence-corrected chi connectivity index (χ4v) is 2.79. The molecule has 0 aromatic heterocycles. The molecule has 100 valence electrons. The summed E-state index contributed by atoms with van der Waals surface area (Å²) in [5, 5.41) is 3.10. The number of para-hydroxylation sites is 1. The standard InChI is InChI=1S/C14H12Br2FNO/c15-12-5-2-6-13(16)14(12)19-8-7-18-11-4-1-3-10(17)9-11/h1-6,9,18H,7-8H2. The largest absolute Gasteiger partial charge is 0.489 e. The number of benzene rings is 2. The molecule has 0 unspecified atom stereocenters. The zero-order valence-corrected chi connectivity index (χ0v) is 13.2. The minimum absolute atomic E-state index is 0.250. The second-order valence-corrected chi connectivity index (χ2v) is 5.55. The number of nitrogens with one attached hydrogen (secondary N) is 1. The lowest BCUT2D eigenvalue weighted by Gasteiger charge is -2.11. The predicted octanol–water partition coefficient (Wildman–Crippen LogP) is 4.84. The van der Waals surface area contributed by atoms with E-state index in [2.05, 4.69) is 37.2 Å². The predicted molar refractivity (Wildman–Crippen MR) is 82.2 cm³/mol. The highest BCUT2D eigenvalue weighted by Gasteiger charge is 2.05. The molecule has 0 aliphatic heterocycles. The molecular formula is C14H12Br2FNO. The van der Waals surface area contributed by atoms with Crippen molar-refractivity contribution in [3.05, 3.63) is 57.2 Å². The Morgan fingerprint density at radius 1 is 1.05 bits per heavy atom. The first kappa shape index (κ1) is 14.3. The molecule has 2 rings (SSSR count). The van der Waals surface area contributed by atoms with E-state index in [1.54, 1.807) is 6.07 Å². The van der Waals surface area contributed by atoms with Gasteiger partial charge in [-0.15, -0.1) is 0 Å². The summed E-state index contributed by atoms with van der Waals surface area (Å²) in [5.74, 6) is 0.517. The van der Waals surface area contributed by atoms with Crippen molar-refractivity contribution in [2.24, 2.45) is 0 Å². The summed E-state index contributed by atoms with van der Waals surface area (Å²) in [4.78, 5) is 0. The monoisotopic (exact) mass is 387 g/mol. The zero-order chi connectivity index (χ0) is 13.7. The van der Waals surface area contributed by atoms with E-state index in [1.807, 2.05) is 24.3 Å². The van der Waals surface area contributed by atoms with E-state index in [-0.39, 0.29) is 5.82 Å².